The summed E-state index contributed by atoms with van der Waals surface area (Å²) in [5, 5.41) is 0. The first-order chi connectivity index (χ1) is 8.45. The van der Waals surface area contributed by atoms with Gasteiger partial charge in [0.2, 0.25) is 0 Å². The number of carbonyl (C=O) groups is 1. The van der Waals surface area contributed by atoms with Crippen LogP contribution in [0.25, 0.3) is 0 Å². The van der Waals surface area contributed by atoms with E-state index in [9.17, 15) is 18.0 Å². The van der Waals surface area contributed by atoms with Gasteiger partial charge in [-0.05, 0) is 24.7 Å². The van der Waals surface area contributed by atoms with E-state index in [1.165, 1.54) is 6.08 Å². The molecule has 0 aromatic heterocycles. The number of amides is 1. The number of halogens is 3. The summed E-state index contributed by atoms with van der Waals surface area (Å²) in [5.74, 6) is -1.09. The molecule has 1 aliphatic carbocycles. The van der Waals surface area contributed by atoms with Crippen molar-refractivity contribution in [2.45, 2.75) is 44.3 Å². The van der Waals surface area contributed by atoms with E-state index in [1.807, 2.05) is 0 Å². The summed E-state index contributed by atoms with van der Waals surface area (Å²) in [4.78, 5) is 12.4. The molecule has 2 nitrogen and oxygen atoms in total. The summed E-state index contributed by atoms with van der Waals surface area (Å²) in [7, 11) is 0. The first-order valence-corrected chi connectivity index (χ1v) is 6.45. The Hall–Kier alpha value is -1.00. The van der Waals surface area contributed by atoms with Gasteiger partial charge in [0.1, 0.15) is 0 Å². The number of carbonyl (C=O) groups excluding carboxylic acids is 1. The van der Waals surface area contributed by atoms with E-state index >= 15 is 0 Å². The number of piperidine rings is 1. The first-order valence-electron chi connectivity index (χ1n) is 6.45. The molecule has 2 aliphatic rings. The highest BCUT2D eigenvalue weighted by molar-refractivity contribution is 5.82. The van der Waals surface area contributed by atoms with Gasteiger partial charge in [0.15, 0.2) is 0 Å². The zero-order chi connectivity index (χ0) is 13.3. The molecular weight excluding hydrogens is 243 g/mol. The Morgan fingerprint density at radius 2 is 1.89 bits per heavy atom. The number of nitrogens with zero attached hydrogens (tertiary/aromatic N) is 1. The maximum atomic E-state index is 12.5. The maximum Gasteiger partial charge on any atom is 0.471 e. The minimum atomic E-state index is -4.78. The maximum absolute atomic E-state index is 12.5. The Labute approximate surface area is 105 Å². The van der Waals surface area contributed by atoms with Crippen molar-refractivity contribution in [3.63, 3.8) is 0 Å². The fraction of sp³-hybridized carbons (Fsp3) is 0.769. The molecule has 1 aliphatic heterocycles. The summed E-state index contributed by atoms with van der Waals surface area (Å²) in [6, 6.07) is -0.446. The lowest BCUT2D eigenvalue weighted by Gasteiger charge is -2.46. The Balaban J connectivity index is 2.17. The summed E-state index contributed by atoms with van der Waals surface area (Å²) >= 11 is 0. The second kappa shape index (κ2) is 4.94. The largest absolute Gasteiger partial charge is 0.471 e. The molecule has 0 aromatic carbocycles. The number of alkyl halides is 3. The topological polar surface area (TPSA) is 20.3 Å². The van der Waals surface area contributed by atoms with Crippen LogP contribution in [0.4, 0.5) is 13.2 Å². The average molecular weight is 261 g/mol. The second-order valence-electron chi connectivity index (χ2n) is 5.22. The van der Waals surface area contributed by atoms with Crippen LogP contribution in [0.2, 0.25) is 0 Å². The highest BCUT2D eigenvalue weighted by Crippen LogP contribution is 2.41. The Kier molecular flexibility index (Phi) is 3.69. The van der Waals surface area contributed by atoms with E-state index < -0.39 is 18.1 Å². The molecule has 102 valence electrons. The molecule has 0 bridgehead atoms. The van der Waals surface area contributed by atoms with Crippen molar-refractivity contribution in [3.05, 3.63) is 12.7 Å². The van der Waals surface area contributed by atoms with Crippen molar-refractivity contribution < 1.29 is 18.0 Å². The van der Waals surface area contributed by atoms with Crippen LogP contribution in [0.3, 0.4) is 0 Å². The van der Waals surface area contributed by atoms with Crippen LogP contribution in [0.15, 0.2) is 12.7 Å². The van der Waals surface area contributed by atoms with Gasteiger partial charge in [-0.3, -0.25) is 4.79 Å². The Bertz CT molecular complexity index is 340. The van der Waals surface area contributed by atoms with Crippen LogP contribution >= 0.6 is 0 Å². The lowest BCUT2D eigenvalue weighted by Crippen LogP contribution is -2.55. The Morgan fingerprint density at radius 3 is 2.50 bits per heavy atom. The smallest absolute Gasteiger partial charge is 0.328 e. The lowest BCUT2D eigenvalue weighted by atomic mass is 9.71. The standard InChI is InChI=1S/C13H18F3NO/c1-2-11-10-6-4-3-5-9(10)7-8-17(11)12(18)13(14,15)16/h2,9-11H,1,3-8H2/t9-,10-,11+/m1/s1. The number of hydrogen-bond donors (Lipinski definition) is 0. The van der Waals surface area contributed by atoms with Gasteiger partial charge in [-0.2, -0.15) is 13.2 Å². The predicted molar refractivity (Wildman–Crippen MR) is 61.8 cm³/mol. The van der Waals surface area contributed by atoms with Gasteiger partial charge in [0.25, 0.3) is 0 Å². The molecule has 5 heteroatoms. The first kappa shape index (κ1) is 13.4. The van der Waals surface area contributed by atoms with Crippen LogP contribution in [-0.2, 0) is 4.79 Å². The van der Waals surface area contributed by atoms with Gasteiger partial charge in [0, 0.05) is 6.54 Å². The van der Waals surface area contributed by atoms with Crippen molar-refractivity contribution in [3.8, 4) is 0 Å². The average Bonchev–Trinajstić information content (AvgIpc) is 2.35. The van der Waals surface area contributed by atoms with Crippen LogP contribution in [0, 0.1) is 11.8 Å². The third-order valence-corrected chi connectivity index (χ3v) is 4.25. The number of hydrogen-bond acceptors (Lipinski definition) is 1. The summed E-state index contributed by atoms with van der Waals surface area (Å²) in [5.41, 5.74) is 0. The van der Waals surface area contributed by atoms with E-state index in [0.717, 1.165) is 30.6 Å². The predicted octanol–water partition coefficient (Wildman–Crippen LogP) is 3.14. The fourth-order valence-corrected chi connectivity index (χ4v) is 3.43. The molecule has 18 heavy (non-hydrogen) atoms. The molecule has 2 rings (SSSR count). The van der Waals surface area contributed by atoms with Gasteiger partial charge in [-0.15, -0.1) is 6.58 Å². The second-order valence-corrected chi connectivity index (χ2v) is 5.22. The molecule has 0 spiro atoms. The molecule has 0 N–H and O–H groups in total. The van der Waals surface area contributed by atoms with Crippen molar-refractivity contribution in [1.29, 1.82) is 0 Å². The van der Waals surface area contributed by atoms with Gasteiger partial charge < -0.3 is 4.90 Å². The van der Waals surface area contributed by atoms with Crippen LogP contribution in [0.5, 0.6) is 0 Å². The Morgan fingerprint density at radius 1 is 1.22 bits per heavy atom. The van der Waals surface area contributed by atoms with Crippen molar-refractivity contribution in [1.82, 2.24) is 4.90 Å². The zero-order valence-corrected chi connectivity index (χ0v) is 10.2. The van der Waals surface area contributed by atoms with Gasteiger partial charge in [0.05, 0.1) is 6.04 Å². The molecule has 1 saturated carbocycles. The van der Waals surface area contributed by atoms with Gasteiger partial charge in [-0.1, -0.05) is 25.3 Å². The summed E-state index contributed by atoms with van der Waals surface area (Å²) in [6.07, 6.45) is 1.61. The molecule has 2 fully saturated rings. The molecule has 3 atom stereocenters. The SMILES string of the molecule is C=C[C@H]1[C@@H]2CCCC[C@@H]2CCN1C(=O)C(F)(F)F. The molecule has 1 amide bonds. The third-order valence-electron chi connectivity index (χ3n) is 4.25. The van der Waals surface area contributed by atoms with E-state index in [1.54, 1.807) is 0 Å². The number of fused-ring (bicyclic) bond motifs is 1. The number of rotatable bonds is 1. The van der Waals surface area contributed by atoms with E-state index in [2.05, 4.69) is 6.58 Å². The summed E-state index contributed by atoms with van der Waals surface area (Å²) in [6.45, 7) is 3.83. The molecule has 0 unspecified atom stereocenters. The van der Waals surface area contributed by atoms with Gasteiger partial charge >= 0.3 is 12.1 Å². The lowest BCUT2D eigenvalue weighted by molar-refractivity contribution is -0.190. The normalized spacial score (nSPS) is 32.8. The fourth-order valence-electron chi connectivity index (χ4n) is 3.43. The van der Waals surface area contributed by atoms with E-state index in [-0.39, 0.29) is 12.5 Å². The third kappa shape index (κ3) is 2.40. The summed E-state index contributed by atoms with van der Waals surface area (Å²) < 4.78 is 37.6. The molecule has 1 heterocycles. The number of likely N-dealkylation sites (tertiary alicyclic amines) is 1. The van der Waals surface area contributed by atoms with Crippen LogP contribution in [0.1, 0.15) is 32.1 Å². The molecule has 1 saturated heterocycles. The highest BCUT2D eigenvalue weighted by Gasteiger charge is 2.48. The minimum absolute atomic E-state index is 0.163. The van der Waals surface area contributed by atoms with Crippen molar-refractivity contribution >= 4 is 5.91 Å². The zero-order valence-electron chi connectivity index (χ0n) is 10.2. The quantitative estimate of drug-likeness (QED) is 0.664. The van der Waals surface area contributed by atoms with E-state index in [0.29, 0.717) is 12.3 Å². The molecule has 0 aromatic rings. The van der Waals surface area contributed by atoms with Crippen LogP contribution < -0.4 is 0 Å². The molecule has 0 radical (unpaired) electrons. The monoisotopic (exact) mass is 261 g/mol. The van der Waals surface area contributed by atoms with E-state index in [4.69, 9.17) is 0 Å². The van der Waals surface area contributed by atoms with Crippen LogP contribution in [-0.4, -0.2) is 29.6 Å². The molecular formula is C13H18F3NO. The highest BCUT2D eigenvalue weighted by atomic mass is 19.4. The van der Waals surface area contributed by atoms with Crippen molar-refractivity contribution in [2.24, 2.45) is 11.8 Å². The van der Waals surface area contributed by atoms with Crippen molar-refractivity contribution in [2.75, 3.05) is 6.54 Å². The van der Waals surface area contributed by atoms with Gasteiger partial charge in [-0.25, -0.2) is 0 Å². The minimum Gasteiger partial charge on any atom is -0.328 e.